The normalized spacial score (nSPS) is 25.2. The van der Waals surface area contributed by atoms with Crippen LogP contribution in [0.1, 0.15) is 18.2 Å². The number of hydrogen-bond donors (Lipinski definition) is 3. The highest BCUT2D eigenvalue weighted by atomic mass is 32.2. The predicted molar refractivity (Wildman–Crippen MR) is 71.3 cm³/mol. The highest BCUT2D eigenvalue weighted by molar-refractivity contribution is 7.91. The van der Waals surface area contributed by atoms with Crippen LogP contribution in [0.25, 0.3) is 0 Å². The summed E-state index contributed by atoms with van der Waals surface area (Å²) < 4.78 is 27.2. The SMILES string of the molecule is CCc1ccc(S(=O)(=O)N[C@H]2CNCC[C@H]2O)s1. The second kappa shape index (κ2) is 5.66. The van der Waals surface area contributed by atoms with Crippen molar-refractivity contribution in [1.29, 1.82) is 0 Å². The van der Waals surface area contributed by atoms with Crippen LogP contribution in [0.2, 0.25) is 0 Å². The van der Waals surface area contributed by atoms with Gasteiger partial charge < -0.3 is 10.4 Å². The minimum absolute atomic E-state index is 0.317. The maximum absolute atomic E-state index is 12.1. The van der Waals surface area contributed by atoms with Gasteiger partial charge in [0, 0.05) is 11.4 Å². The lowest BCUT2D eigenvalue weighted by molar-refractivity contribution is 0.109. The van der Waals surface area contributed by atoms with E-state index in [1.807, 2.05) is 13.0 Å². The van der Waals surface area contributed by atoms with Crippen LogP contribution < -0.4 is 10.0 Å². The molecule has 0 spiro atoms. The molecule has 2 atom stereocenters. The van der Waals surface area contributed by atoms with Gasteiger partial charge in [-0.1, -0.05) is 6.92 Å². The summed E-state index contributed by atoms with van der Waals surface area (Å²) in [4.78, 5) is 1.04. The Morgan fingerprint density at radius 3 is 2.94 bits per heavy atom. The molecule has 0 radical (unpaired) electrons. The third-order valence-corrected chi connectivity index (χ3v) is 6.21. The van der Waals surface area contributed by atoms with E-state index in [4.69, 9.17) is 0 Å². The van der Waals surface area contributed by atoms with E-state index in [2.05, 4.69) is 10.0 Å². The van der Waals surface area contributed by atoms with Crippen LogP contribution in [0, 0.1) is 0 Å². The number of aliphatic hydroxyl groups excluding tert-OH is 1. The van der Waals surface area contributed by atoms with Crippen LogP contribution in [0.3, 0.4) is 0 Å². The van der Waals surface area contributed by atoms with Gasteiger partial charge in [-0.05, 0) is 31.5 Å². The average molecular weight is 290 g/mol. The number of aryl methyl sites for hydroxylation is 1. The van der Waals surface area contributed by atoms with Crippen molar-refractivity contribution in [3.05, 3.63) is 17.0 Å². The molecule has 2 heterocycles. The zero-order valence-corrected chi connectivity index (χ0v) is 11.9. The fraction of sp³-hybridized carbons (Fsp3) is 0.636. The van der Waals surface area contributed by atoms with Crippen LogP contribution >= 0.6 is 11.3 Å². The Morgan fingerprint density at radius 1 is 1.56 bits per heavy atom. The van der Waals surface area contributed by atoms with Gasteiger partial charge in [-0.2, -0.15) is 0 Å². The van der Waals surface area contributed by atoms with E-state index in [0.29, 0.717) is 17.2 Å². The van der Waals surface area contributed by atoms with Gasteiger partial charge in [0.2, 0.25) is 10.0 Å². The van der Waals surface area contributed by atoms with Crippen LogP contribution in [-0.2, 0) is 16.4 Å². The van der Waals surface area contributed by atoms with Crippen molar-refractivity contribution in [2.45, 2.75) is 36.1 Å². The fourth-order valence-electron chi connectivity index (χ4n) is 1.91. The quantitative estimate of drug-likeness (QED) is 0.746. The summed E-state index contributed by atoms with van der Waals surface area (Å²) in [6, 6.07) is 3.00. The maximum Gasteiger partial charge on any atom is 0.250 e. The van der Waals surface area contributed by atoms with Crippen LogP contribution in [0.15, 0.2) is 16.3 Å². The summed E-state index contributed by atoms with van der Waals surface area (Å²) in [6.45, 7) is 3.18. The zero-order valence-electron chi connectivity index (χ0n) is 10.2. The Hall–Kier alpha value is -0.470. The van der Waals surface area contributed by atoms with Gasteiger partial charge in [0.05, 0.1) is 12.1 Å². The monoisotopic (exact) mass is 290 g/mol. The summed E-state index contributed by atoms with van der Waals surface area (Å²) in [6.07, 6.45) is 0.776. The topological polar surface area (TPSA) is 78.4 Å². The Labute approximate surface area is 111 Å². The molecule has 1 fully saturated rings. The van der Waals surface area contributed by atoms with E-state index in [0.717, 1.165) is 17.8 Å². The van der Waals surface area contributed by atoms with Crippen molar-refractivity contribution >= 4 is 21.4 Å². The molecule has 0 unspecified atom stereocenters. The molecule has 102 valence electrons. The molecular formula is C11H18N2O3S2. The third-order valence-electron chi connectivity index (χ3n) is 3.00. The molecule has 18 heavy (non-hydrogen) atoms. The second-order valence-corrected chi connectivity index (χ2v) is 7.47. The van der Waals surface area contributed by atoms with Crippen molar-refractivity contribution in [1.82, 2.24) is 10.0 Å². The van der Waals surface area contributed by atoms with E-state index in [1.165, 1.54) is 11.3 Å². The van der Waals surface area contributed by atoms with Gasteiger partial charge in [0.15, 0.2) is 0 Å². The first-order valence-electron chi connectivity index (χ1n) is 6.02. The first-order chi connectivity index (χ1) is 8.53. The minimum atomic E-state index is -3.51. The summed E-state index contributed by atoms with van der Waals surface area (Å²) in [5.74, 6) is 0. The molecule has 0 amide bonds. The van der Waals surface area contributed by atoms with Gasteiger partial charge in [-0.15, -0.1) is 11.3 Å². The zero-order chi connectivity index (χ0) is 13.2. The molecule has 1 aromatic rings. The van der Waals surface area contributed by atoms with Gasteiger partial charge in [-0.25, -0.2) is 13.1 Å². The molecule has 1 saturated heterocycles. The molecule has 0 saturated carbocycles. The molecule has 5 nitrogen and oxygen atoms in total. The largest absolute Gasteiger partial charge is 0.391 e. The number of rotatable bonds is 4. The number of aliphatic hydroxyl groups is 1. The predicted octanol–water partition coefficient (Wildman–Crippen LogP) is 0.312. The molecule has 7 heteroatoms. The van der Waals surface area contributed by atoms with Crippen LogP contribution in [-0.4, -0.2) is 38.8 Å². The smallest absolute Gasteiger partial charge is 0.250 e. The van der Waals surface area contributed by atoms with Gasteiger partial charge in [0.25, 0.3) is 0 Å². The lowest BCUT2D eigenvalue weighted by atomic mass is 10.1. The number of nitrogens with one attached hydrogen (secondary N) is 2. The lowest BCUT2D eigenvalue weighted by Gasteiger charge is -2.28. The Balaban J connectivity index is 2.11. The molecule has 2 rings (SSSR count). The minimum Gasteiger partial charge on any atom is -0.391 e. The summed E-state index contributed by atoms with van der Waals surface area (Å²) in [5.41, 5.74) is 0. The lowest BCUT2D eigenvalue weighted by Crippen LogP contribution is -2.53. The van der Waals surface area contributed by atoms with E-state index in [1.54, 1.807) is 6.07 Å². The van der Waals surface area contributed by atoms with E-state index in [-0.39, 0.29) is 0 Å². The fourth-order valence-corrected chi connectivity index (χ4v) is 4.50. The molecular weight excluding hydrogens is 272 g/mol. The molecule has 0 aromatic carbocycles. The van der Waals surface area contributed by atoms with Crippen LogP contribution in [0.4, 0.5) is 0 Å². The van der Waals surface area contributed by atoms with Crippen molar-refractivity contribution in [3.8, 4) is 0 Å². The Kier molecular flexibility index (Phi) is 4.39. The Bertz CT molecular complexity index is 498. The molecule has 0 bridgehead atoms. The molecule has 1 aliphatic heterocycles. The van der Waals surface area contributed by atoms with Gasteiger partial charge >= 0.3 is 0 Å². The van der Waals surface area contributed by atoms with Gasteiger partial charge in [-0.3, -0.25) is 0 Å². The van der Waals surface area contributed by atoms with E-state index in [9.17, 15) is 13.5 Å². The highest BCUT2D eigenvalue weighted by Crippen LogP contribution is 2.22. The molecule has 1 aromatic heterocycles. The van der Waals surface area contributed by atoms with E-state index >= 15 is 0 Å². The standard InChI is InChI=1S/C11H18N2O3S2/c1-2-8-3-4-11(17-8)18(15,16)13-9-7-12-6-5-10(9)14/h3-4,9-10,12-14H,2,5-7H2,1H3/t9-,10+/m0/s1. The molecule has 0 aliphatic carbocycles. The third kappa shape index (κ3) is 3.10. The Morgan fingerprint density at radius 2 is 2.33 bits per heavy atom. The van der Waals surface area contributed by atoms with Crippen molar-refractivity contribution in [3.63, 3.8) is 0 Å². The highest BCUT2D eigenvalue weighted by Gasteiger charge is 2.28. The maximum atomic E-state index is 12.1. The summed E-state index contributed by atoms with van der Waals surface area (Å²) >= 11 is 1.28. The number of thiophene rings is 1. The van der Waals surface area contributed by atoms with Gasteiger partial charge in [0.1, 0.15) is 4.21 Å². The van der Waals surface area contributed by atoms with Crippen molar-refractivity contribution in [2.75, 3.05) is 13.1 Å². The van der Waals surface area contributed by atoms with Crippen molar-refractivity contribution in [2.24, 2.45) is 0 Å². The van der Waals surface area contributed by atoms with Crippen LogP contribution in [0.5, 0.6) is 0 Å². The van der Waals surface area contributed by atoms with Crippen molar-refractivity contribution < 1.29 is 13.5 Å². The summed E-state index contributed by atoms with van der Waals surface area (Å²) in [5, 5.41) is 12.8. The first-order valence-corrected chi connectivity index (χ1v) is 8.32. The first kappa shape index (κ1) is 14.0. The van der Waals surface area contributed by atoms with E-state index < -0.39 is 22.2 Å². The number of piperidine rings is 1. The molecule has 3 N–H and O–H groups in total. The molecule has 1 aliphatic rings. The summed E-state index contributed by atoms with van der Waals surface area (Å²) in [7, 11) is -3.51. The average Bonchev–Trinajstić information content (AvgIpc) is 2.81. The number of hydrogen-bond acceptors (Lipinski definition) is 5. The number of sulfonamides is 1. The second-order valence-electron chi connectivity index (χ2n) is 4.36.